The number of hydrogen-bond donors (Lipinski definition) is 1. The summed E-state index contributed by atoms with van der Waals surface area (Å²) in [6.07, 6.45) is -0.185. The van der Waals surface area contributed by atoms with Gasteiger partial charge >= 0.3 is 0 Å². The van der Waals surface area contributed by atoms with Gasteiger partial charge in [-0.25, -0.2) is 27.0 Å². The molecule has 0 aliphatic heterocycles. The molecule has 0 spiro atoms. The zero-order valence-corrected chi connectivity index (χ0v) is 14.5. The number of rotatable bonds is 5. The molecule has 0 saturated carbocycles. The van der Waals surface area contributed by atoms with Gasteiger partial charge in [0.25, 0.3) is 6.43 Å². The zero-order valence-electron chi connectivity index (χ0n) is 13.6. The Bertz CT molecular complexity index is 1020. The van der Waals surface area contributed by atoms with E-state index in [2.05, 4.69) is 5.10 Å². The molecule has 26 heavy (non-hydrogen) atoms. The van der Waals surface area contributed by atoms with Gasteiger partial charge in [0.1, 0.15) is 10.6 Å². The number of nitrogens with zero attached hydrogens (tertiary/aromatic N) is 2. The van der Waals surface area contributed by atoms with Crippen LogP contribution < -0.4 is 9.88 Å². The number of aromatic nitrogens is 2. The molecule has 2 N–H and O–H groups in total. The standard InChI is InChI=1S/C17H15F2N3O3S/c1-25-13-5-3-11(4-6-13)12-9-14(17(18)19)16(22-8-2-7-21-22)15(10-12)26(20,23)24/h2-10,17H,1H3,(H2,20,23,24). The first-order chi connectivity index (χ1) is 12.3. The first-order valence-electron chi connectivity index (χ1n) is 7.44. The Hall–Kier alpha value is -2.78. The maximum absolute atomic E-state index is 13.7. The molecule has 2 aromatic carbocycles. The summed E-state index contributed by atoms with van der Waals surface area (Å²) >= 11 is 0. The highest BCUT2D eigenvalue weighted by Crippen LogP contribution is 2.35. The maximum Gasteiger partial charge on any atom is 0.265 e. The van der Waals surface area contributed by atoms with Crippen molar-refractivity contribution in [1.29, 1.82) is 0 Å². The molecule has 0 bridgehead atoms. The van der Waals surface area contributed by atoms with Gasteiger partial charge in [-0.15, -0.1) is 0 Å². The third kappa shape index (κ3) is 3.44. The maximum atomic E-state index is 13.7. The topological polar surface area (TPSA) is 87.2 Å². The number of methoxy groups -OCH3 is 1. The van der Waals surface area contributed by atoms with Crippen LogP contribution in [-0.4, -0.2) is 25.3 Å². The molecular weight excluding hydrogens is 364 g/mol. The van der Waals surface area contributed by atoms with Crippen LogP contribution in [0.1, 0.15) is 12.0 Å². The SMILES string of the molecule is COc1ccc(-c2cc(C(F)F)c(-n3cccn3)c(S(N)(=O)=O)c2)cc1. The van der Waals surface area contributed by atoms with E-state index in [-0.39, 0.29) is 5.69 Å². The quantitative estimate of drug-likeness (QED) is 0.738. The van der Waals surface area contributed by atoms with Crippen LogP contribution in [0.2, 0.25) is 0 Å². The second kappa shape index (κ2) is 6.85. The summed E-state index contributed by atoms with van der Waals surface area (Å²) in [5.74, 6) is 0.586. The summed E-state index contributed by atoms with van der Waals surface area (Å²) in [5, 5.41) is 9.17. The fourth-order valence-corrected chi connectivity index (χ4v) is 3.38. The van der Waals surface area contributed by atoms with Gasteiger partial charge in [-0.05, 0) is 41.5 Å². The molecule has 0 aliphatic rings. The van der Waals surface area contributed by atoms with Gasteiger partial charge in [-0.3, -0.25) is 0 Å². The lowest BCUT2D eigenvalue weighted by molar-refractivity contribution is 0.151. The monoisotopic (exact) mass is 379 g/mol. The molecule has 1 aromatic heterocycles. The van der Waals surface area contributed by atoms with E-state index in [1.54, 1.807) is 24.3 Å². The van der Waals surface area contributed by atoms with Crippen molar-refractivity contribution in [2.75, 3.05) is 7.11 Å². The lowest BCUT2D eigenvalue weighted by Gasteiger charge is -2.16. The first-order valence-corrected chi connectivity index (χ1v) is 8.99. The summed E-state index contributed by atoms with van der Waals surface area (Å²) in [6, 6.07) is 10.6. The van der Waals surface area contributed by atoms with Gasteiger partial charge in [0.05, 0.1) is 12.8 Å². The van der Waals surface area contributed by atoms with Crippen molar-refractivity contribution < 1.29 is 21.9 Å². The summed E-state index contributed by atoms with van der Waals surface area (Å²) in [5.41, 5.74) is 0.100. The van der Waals surface area contributed by atoms with Gasteiger partial charge in [-0.2, -0.15) is 5.10 Å². The van der Waals surface area contributed by atoms with E-state index in [0.717, 1.165) is 4.68 Å². The highest BCUT2D eigenvalue weighted by molar-refractivity contribution is 7.89. The van der Waals surface area contributed by atoms with Crippen molar-refractivity contribution in [2.45, 2.75) is 11.3 Å². The zero-order chi connectivity index (χ0) is 18.9. The van der Waals surface area contributed by atoms with Crippen LogP contribution >= 0.6 is 0 Å². The molecule has 136 valence electrons. The van der Waals surface area contributed by atoms with Crippen LogP contribution in [0.4, 0.5) is 8.78 Å². The molecule has 3 rings (SSSR count). The Morgan fingerprint density at radius 1 is 1.15 bits per heavy atom. The van der Waals surface area contributed by atoms with Crippen molar-refractivity contribution in [3.8, 4) is 22.6 Å². The van der Waals surface area contributed by atoms with Crippen molar-refractivity contribution in [1.82, 2.24) is 9.78 Å². The number of benzene rings is 2. The first kappa shape index (κ1) is 18.0. The predicted molar refractivity (Wildman–Crippen MR) is 91.9 cm³/mol. The molecule has 3 aromatic rings. The van der Waals surface area contributed by atoms with Crippen LogP contribution in [0.5, 0.6) is 5.75 Å². The molecule has 0 unspecified atom stereocenters. The Kier molecular flexibility index (Phi) is 4.75. The second-order valence-electron chi connectivity index (χ2n) is 5.44. The van der Waals surface area contributed by atoms with E-state index in [4.69, 9.17) is 9.88 Å². The summed E-state index contributed by atoms with van der Waals surface area (Å²) in [6.45, 7) is 0. The second-order valence-corrected chi connectivity index (χ2v) is 6.97. The fourth-order valence-electron chi connectivity index (χ4n) is 2.61. The van der Waals surface area contributed by atoms with Crippen molar-refractivity contribution in [3.63, 3.8) is 0 Å². The minimum Gasteiger partial charge on any atom is -0.497 e. The lowest BCUT2D eigenvalue weighted by atomic mass is 10.0. The molecular formula is C17H15F2N3O3S. The van der Waals surface area contributed by atoms with Gasteiger partial charge < -0.3 is 4.74 Å². The molecule has 0 fully saturated rings. The molecule has 6 nitrogen and oxygen atoms in total. The smallest absolute Gasteiger partial charge is 0.265 e. The van der Waals surface area contributed by atoms with Crippen LogP contribution in [0.3, 0.4) is 0 Å². The molecule has 0 aliphatic carbocycles. The molecule has 0 radical (unpaired) electrons. The minimum atomic E-state index is -4.28. The Morgan fingerprint density at radius 2 is 1.85 bits per heavy atom. The number of primary sulfonamides is 1. The largest absolute Gasteiger partial charge is 0.497 e. The summed E-state index contributed by atoms with van der Waals surface area (Å²) < 4.78 is 57.7. The van der Waals surface area contributed by atoms with Crippen LogP contribution in [0.15, 0.2) is 59.8 Å². The Balaban J connectivity index is 2.30. The fraction of sp³-hybridized carbons (Fsp3) is 0.118. The van der Waals surface area contributed by atoms with E-state index in [9.17, 15) is 17.2 Å². The number of halogens is 2. The number of sulfonamides is 1. The third-order valence-electron chi connectivity index (χ3n) is 3.80. The van der Waals surface area contributed by atoms with Gasteiger partial charge in [0.2, 0.25) is 10.0 Å². The molecule has 1 heterocycles. The van der Waals surface area contributed by atoms with Crippen molar-refractivity contribution in [3.05, 3.63) is 60.4 Å². The van der Waals surface area contributed by atoms with E-state index in [1.807, 2.05) is 0 Å². The third-order valence-corrected chi connectivity index (χ3v) is 4.73. The summed E-state index contributed by atoms with van der Waals surface area (Å²) in [4.78, 5) is -0.426. The van der Waals surface area contributed by atoms with E-state index >= 15 is 0 Å². The van der Waals surface area contributed by atoms with Gasteiger partial charge in [-0.1, -0.05) is 12.1 Å². The van der Waals surface area contributed by atoms with E-state index in [1.165, 1.54) is 37.7 Å². The molecule has 0 atom stereocenters. The lowest BCUT2D eigenvalue weighted by Crippen LogP contribution is -2.17. The van der Waals surface area contributed by atoms with Crippen molar-refractivity contribution in [2.24, 2.45) is 5.14 Å². The Labute approximate surface area is 148 Å². The molecule has 0 amide bonds. The number of alkyl halides is 2. The highest BCUT2D eigenvalue weighted by atomic mass is 32.2. The Morgan fingerprint density at radius 3 is 2.35 bits per heavy atom. The number of hydrogen-bond acceptors (Lipinski definition) is 4. The van der Waals surface area contributed by atoms with Crippen LogP contribution in [0.25, 0.3) is 16.8 Å². The normalized spacial score (nSPS) is 11.7. The average molecular weight is 379 g/mol. The van der Waals surface area contributed by atoms with Crippen molar-refractivity contribution >= 4 is 10.0 Å². The number of ether oxygens (including phenoxy) is 1. The van der Waals surface area contributed by atoms with Crippen LogP contribution in [-0.2, 0) is 10.0 Å². The van der Waals surface area contributed by atoms with Crippen LogP contribution in [0, 0.1) is 0 Å². The van der Waals surface area contributed by atoms with E-state index in [0.29, 0.717) is 16.9 Å². The molecule has 9 heteroatoms. The minimum absolute atomic E-state index is 0.259. The predicted octanol–water partition coefficient (Wildman–Crippen LogP) is 3.13. The van der Waals surface area contributed by atoms with E-state index < -0.39 is 26.9 Å². The van der Waals surface area contributed by atoms with Gasteiger partial charge in [0, 0.05) is 18.0 Å². The summed E-state index contributed by atoms with van der Waals surface area (Å²) in [7, 11) is -2.78. The highest BCUT2D eigenvalue weighted by Gasteiger charge is 2.25. The molecule has 0 saturated heterocycles. The average Bonchev–Trinajstić information content (AvgIpc) is 3.14. The van der Waals surface area contributed by atoms with Gasteiger partial charge in [0.15, 0.2) is 0 Å². The number of nitrogens with two attached hydrogens (primary N) is 1.